The Bertz CT molecular complexity index is 768. The van der Waals surface area contributed by atoms with Crippen LogP contribution in [0.15, 0.2) is 54.9 Å². The molecule has 0 unspecified atom stereocenters. The van der Waals surface area contributed by atoms with Crippen LogP contribution >= 0.6 is 0 Å². The zero-order valence-electron chi connectivity index (χ0n) is 13.1. The first kappa shape index (κ1) is 15.2. The molecule has 0 fully saturated rings. The molecule has 0 amide bonds. The number of pyridine rings is 1. The van der Waals surface area contributed by atoms with Gasteiger partial charge in [-0.15, -0.1) is 0 Å². The summed E-state index contributed by atoms with van der Waals surface area (Å²) in [5.74, 6) is 0.827. The summed E-state index contributed by atoms with van der Waals surface area (Å²) < 4.78 is 7.73. The van der Waals surface area contributed by atoms with Gasteiger partial charge in [0, 0.05) is 31.4 Å². The van der Waals surface area contributed by atoms with Crippen molar-refractivity contribution in [1.82, 2.24) is 14.8 Å². The van der Waals surface area contributed by atoms with E-state index in [4.69, 9.17) is 10.5 Å². The second-order valence-electron chi connectivity index (χ2n) is 5.34. The summed E-state index contributed by atoms with van der Waals surface area (Å²) in [6, 6.07) is 13.9. The number of rotatable bonds is 6. The number of nitrogens with zero attached hydrogens (tertiary/aromatic N) is 3. The van der Waals surface area contributed by atoms with Crippen molar-refractivity contribution in [2.24, 2.45) is 5.73 Å². The van der Waals surface area contributed by atoms with Crippen molar-refractivity contribution in [2.75, 3.05) is 6.61 Å². The Morgan fingerprint density at radius 1 is 1.13 bits per heavy atom. The number of benzene rings is 1. The smallest absolute Gasteiger partial charge is 0.121 e. The lowest BCUT2D eigenvalue weighted by Crippen LogP contribution is -2.07. The summed E-state index contributed by atoms with van der Waals surface area (Å²) in [6.07, 6.45) is 4.44. The Morgan fingerprint density at radius 3 is 2.74 bits per heavy atom. The SMILES string of the molecule is Cc1cc(CN)n(-c2cccc(OCCc3ccncc3)c2)n1. The molecule has 5 heteroatoms. The van der Waals surface area contributed by atoms with Gasteiger partial charge < -0.3 is 10.5 Å². The minimum atomic E-state index is 0.452. The number of hydrogen-bond acceptors (Lipinski definition) is 4. The zero-order valence-corrected chi connectivity index (χ0v) is 13.1. The van der Waals surface area contributed by atoms with Crippen molar-refractivity contribution < 1.29 is 4.74 Å². The fourth-order valence-corrected chi connectivity index (χ4v) is 2.46. The summed E-state index contributed by atoms with van der Waals surface area (Å²) in [5, 5.41) is 4.49. The molecule has 0 aliphatic carbocycles. The van der Waals surface area contributed by atoms with Crippen molar-refractivity contribution in [3.05, 3.63) is 71.8 Å². The van der Waals surface area contributed by atoms with Crippen molar-refractivity contribution in [1.29, 1.82) is 0 Å². The lowest BCUT2D eigenvalue weighted by molar-refractivity contribution is 0.322. The molecule has 0 spiro atoms. The highest BCUT2D eigenvalue weighted by Crippen LogP contribution is 2.19. The van der Waals surface area contributed by atoms with Gasteiger partial charge in [-0.05, 0) is 42.8 Å². The van der Waals surface area contributed by atoms with Crippen LogP contribution < -0.4 is 10.5 Å². The molecule has 0 radical (unpaired) electrons. The Hall–Kier alpha value is -2.66. The number of ether oxygens (including phenoxy) is 1. The van der Waals surface area contributed by atoms with Gasteiger partial charge in [-0.2, -0.15) is 5.10 Å². The second kappa shape index (κ2) is 7.07. The minimum absolute atomic E-state index is 0.452. The van der Waals surface area contributed by atoms with E-state index in [-0.39, 0.29) is 0 Å². The van der Waals surface area contributed by atoms with Crippen LogP contribution in [-0.4, -0.2) is 21.4 Å². The maximum absolute atomic E-state index is 5.86. The number of aryl methyl sites for hydroxylation is 1. The van der Waals surface area contributed by atoms with Crippen molar-refractivity contribution in [2.45, 2.75) is 19.9 Å². The first-order valence-electron chi connectivity index (χ1n) is 7.64. The van der Waals surface area contributed by atoms with Gasteiger partial charge in [-0.1, -0.05) is 6.07 Å². The lowest BCUT2D eigenvalue weighted by Gasteiger charge is -2.10. The maximum Gasteiger partial charge on any atom is 0.121 e. The predicted octanol–water partition coefficient (Wildman–Crippen LogP) is 2.66. The summed E-state index contributed by atoms with van der Waals surface area (Å²) in [4.78, 5) is 4.01. The quantitative estimate of drug-likeness (QED) is 0.760. The molecule has 5 nitrogen and oxygen atoms in total. The van der Waals surface area contributed by atoms with E-state index in [1.807, 2.05) is 54.1 Å². The Labute approximate surface area is 135 Å². The fourth-order valence-electron chi connectivity index (χ4n) is 2.46. The molecule has 0 saturated carbocycles. The second-order valence-corrected chi connectivity index (χ2v) is 5.34. The van der Waals surface area contributed by atoms with Crippen LogP contribution in [0.25, 0.3) is 5.69 Å². The molecule has 3 rings (SSSR count). The summed E-state index contributed by atoms with van der Waals surface area (Å²) in [6.45, 7) is 3.04. The molecule has 0 atom stereocenters. The van der Waals surface area contributed by atoms with Gasteiger partial charge in [0.15, 0.2) is 0 Å². The lowest BCUT2D eigenvalue weighted by atomic mass is 10.2. The molecule has 2 N–H and O–H groups in total. The standard InChI is InChI=1S/C18H20N4O/c1-14-11-17(13-19)22(21-14)16-3-2-4-18(12-16)23-10-7-15-5-8-20-9-6-15/h2-6,8-9,11-12H,7,10,13,19H2,1H3. The minimum Gasteiger partial charge on any atom is -0.493 e. The Balaban J connectivity index is 1.70. The monoisotopic (exact) mass is 308 g/mol. The van der Waals surface area contributed by atoms with E-state index in [1.165, 1.54) is 5.56 Å². The molecule has 2 heterocycles. The third-order valence-corrected chi connectivity index (χ3v) is 3.59. The van der Waals surface area contributed by atoms with Gasteiger partial charge in [0.05, 0.1) is 23.7 Å². The molecule has 0 bridgehead atoms. The Morgan fingerprint density at radius 2 is 1.96 bits per heavy atom. The van der Waals surface area contributed by atoms with Crippen LogP contribution in [0.3, 0.4) is 0 Å². The summed E-state index contributed by atoms with van der Waals surface area (Å²) in [7, 11) is 0. The topological polar surface area (TPSA) is 66.0 Å². The van der Waals surface area contributed by atoms with Gasteiger partial charge >= 0.3 is 0 Å². The molecule has 0 aliphatic rings. The number of hydrogen-bond donors (Lipinski definition) is 1. The molecular formula is C18H20N4O. The molecule has 0 aliphatic heterocycles. The molecule has 3 aromatic rings. The molecular weight excluding hydrogens is 288 g/mol. The molecule has 0 saturated heterocycles. The molecule has 23 heavy (non-hydrogen) atoms. The van der Waals surface area contributed by atoms with Crippen molar-refractivity contribution in [3.63, 3.8) is 0 Å². The zero-order chi connectivity index (χ0) is 16.1. The highest BCUT2D eigenvalue weighted by molar-refractivity contribution is 5.40. The van der Waals surface area contributed by atoms with Gasteiger partial charge in [0.1, 0.15) is 5.75 Å². The normalized spacial score (nSPS) is 10.7. The highest BCUT2D eigenvalue weighted by Gasteiger charge is 2.07. The summed E-state index contributed by atoms with van der Waals surface area (Å²) >= 11 is 0. The average molecular weight is 308 g/mol. The van der Waals surface area contributed by atoms with E-state index in [2.05, 4.69) is 10.1 Å². The maximum atomic E-state index is 5.86. The van der Waals surface area contributed by atoms with E-state index in [0.717, 1.165) is 29.2 Å². The average Bonchev–Trinajstić information content (AvgIpc) is 2.97. The van der Waals surface area contributed by atoms with Gasteiger partial charge in [0.2, 0.25) is 0 Å². The molecule has 1 aromatic carbocycles. The van der Waals surface area contributed by atoms with Crippen LogP contribution in [0.5, 0.6) is 5.75 Å². The van der Waals surface area contributed by atoms with Crippen LogP contribution in [0.2, 0.25) is 0 Å². The van der Waals surface area contributed by atoms with E-state index in [1.54, 1.807) is 12.4 Å². The largest absolute Gasteiger partial charge is 0.493 e. The summed E-state index contributed by atoms with van der Waals surface area (Å²) in [5.41, 5.74) is 9.89. The first-order chi connectivity index (χ1) is 11.3. The van der Waals surface area contributed by atoms with E-state index < -0.39 is 0 Å². The van der Waals surface area contributed by atoms with Gasteiger partial charge in [-0.25, -0.2) is 4.68 Å². The van der Waals surface area contributed by atoms with E-state index in [9.17, 15) is 0 Å². The Kier molecular flexibility index (Phi) is 4.68. The third-order valence-electron chi connectivity index (χ3n) is 3.59. The molecule has 118 valence electrons. The van der Waals surface area contributed by atoms with Crippen LogP contribution in [0.1, 0.15) is 17.0 Å². The van der Waals surface area contributed by atoms with Gasteiger partial charge in [-0.3, -0.25) is 4.98 Å². The number of nitrogens with two attached hydrogens (primary N) is 1. The first-order valence-corrected chi connectivity index (χ1v) is 7.64. The third kappa shape index (κ3) is 3.76. The van der Waals surface area contributed by atoms with Crippen molar-refractivity contribution in [3.8, 4) is 11.4 Å². The number of aromatic nitrogens is 3. The van der Waals surface area contributed by atoms with Crippen LogP contribution in [0, 0.1) is 6.92 Å². The van der Waals surface area contributed by atoms with E-state index >= 15 is 0 Å². The van der Waals surface area contributed by atoms with Gasteiger partial charge in [0.25, 0.3) is 0 Å². The van der Waals surface area contributed by atoms with E-state index in [0.29, 0.717) is 13.2 Å². The van der Waals surface area contributed by atoms with Crippen LogP contribution in [0.4, 0.5) is 0 Å². The van der Waals surface area contributed by atoms with Crippen LogP contribution in [-0.2, 0) is 13.0 Å². The molecule has 2 aromatic heterocycles. The highest BCUT2D eigenvalue weighted by atomic mass is 16.5. The van der Waals surface area contributed by atoms with Crippen molar-refractivity contribution >= 4 is 0 Å². The fraction of sp³-hybridized carbons (Fsp3) is 0.222. The predicted molar refractivity (Wildman–Crippen MR) is 89.6 cm³/mol.